The van der Waals surface area contributed by atoms with Gasteiger partial charge < -0.3 is 9.84 Å². The van der Waals surface area contributed by atoms with Gasteiger partial charge in [0.25, 0.3) is 0 Å². The van der Waals surface area contributed by atoms with Crippen LogP contribution in [0.2, 0.25) is 0 Å². The zero-order chi connectivity index (χ0) is 10.4. The fourth-order valence-electron chi connectivity index (χ4n) is 0.934. The van der Waals surface area contributed by atoms with Crippen LogP contribution in [0.25, 0.3) is 0 Å². The molecule has 0 heterocycles. The number of rotatable bonds is 4. The van der Waals surface area contributed by atoms with E-state index in [4.69, 9.17) is 9.84 Å². The Morgan fingerprint density at radius 3 is 2.79 bits per heavy atom. The van der Waals surface area contributed by atoms with Crippen molar-refractivity contribution in [2.45, 2.75) is 6.42 Å². The van der Waals surface area contributed by atoms with E-state index in [1.54, 1.807) is 18.2 Å². The number of aliphatic hydroxyl groups excluding tert-OH is 1. The third-order valence-corrected chi connectivity index (χ3v) is 2.32. The van der Waals surface area contributed by atoms with Crippen molar-refractivity contribution in [3.8, 4) is 0 Å². The molecule has 0 saturated heterocycles. The van der Waals surface area contributed by atoms with Crippen molar-refractivity contribution in [2.75, 3.05) is 13.2 Å². The first-order valence-corrected chi connectivity index (χ1v) is 5.07. The Morgan fingerprint density at radius 2 is 2.14 bits per heavy atom. The van der Waals surface area contributed by atoms with Gasteiger partial charge in [-0.2, -0.15) is 0 Å². The Hall–Kier alpha value is -0.870. The summed E-state index contributed by atoms with van der Waals surface area (Å²) in [7, 11) is 0. The summed E-state index contributed by atoms with van der Waals surface area (Å²) >= 11 is 3.26. The predicted octanol–water partition coefficient (Wildman–Crippen LogP) is 1.99. The number of carbonyl (C=O) groups is 1. The van der Waals surface area contributed by atoms with E-state index in [0.717, 1.165) is 0 Å². The molecule has 1 N–H and O–H groups in total. The number of ether oxygens (including phenoxy) is 1. The highest BCUT2D eigenvalue weighted by Crippen LogP contribution is 2.16. The van der Waals surface area contributed by atoms with E-state index < -0.39 is 0 Å². The van der Waals surface area contributed by atoms with E-state index in [1.165, 1.54) is 0 Å². The van der Waals surface area contributed by atoms with Gasteiger partial charge in [-0.1, -0.05) is 12.1 Å². The molecular formula is C10H11BrO3. The Morgan fingerprint density at radius 1 is 1.43 bits per heavy atom. The zero-order valence-corrected chi connectivity index (χ0v) is 9.16. The minimum Gasteiger partial charge on any atom is -0.462 e. The lowest BCUT2D eigenvalue weighted by molar-refractivity contribution is 0.0481. The molecule has 0 amide bonds. The van der Waals surface area contributed by atoms with E-state index in [-0.39, 0.29) is 19.2 Å². The lowest BCUT2D eigenvalue weighted by Gasteiger charge is -2.04. The van der Waals surface area contributed by atoms with E-state index in [0.29, 0.717) is 16.5 Å². The van der Waals surface area contributed by atoms with Crippen LogP contribution in [0, 0.1) is 0 Å². The maximum absolute atomic E-state index is 11.4. The van der Waals surface area contributed by atoms with Crippen LogP contribution in [0.3, 0.4) is 0 Å². The van der Waals surface area contributed by atoms with Crippen molar-refractivity contribution in [1.29, 1.82) is 0 Å². The first kappa shape index (κ1) is 11.2. The van der Waals surface area contributed by atoms with Gasteiger partial charge >= 0.3 is 5.97 Å². The normalized spacial score (nSPS) is 9.86. The standard InChI is InChI=1S/C10H11BrO3/c11-9-5-2-1-4-8(9)10(13)14-7-3-6-12/h1-2,4-5,12H,3,6-7H2. The van der Waals surface area contributed by atoms with Gasteiger partial charge in [0.1, 0.15) is 0 Å². The highest BCUT2D eigenvalue weighted by Gasteiger charge is 2.09. The summed E-state index contributed by atoms with van der Waals surface area (Å²) in [5.41, 5.74) is 0.505. The lowest BCUT2D eigenvalue weighted by atomic mass is 10.2. The number of carbonyl (C=O) groups excluding carboxylic acids is 1. The highest BCUT2D eigenvalue weighted by molar-refractivity contribution is 9.10. The molecule has 0 fully saturated rings. The van der Waals surface area contributed by atoms with Gasteiger partial charge in [-0.05, 0) is 28.1 Å². The SMILES string of the molecule is O=C(OCCCO)c1ccccc1Br. The Kier molecular flexibility index (Phi) is 4.62. The topological polar surface area (TPSA) is 46.5 Å². The van der Waals surface area contributed by atoms with Crippen molar-refractivity contribution in [3.05, 3.63) is 34.3 Å². The van der Waals surface area contributed by atoms with Crippen LogP contribution < -0.4 is 0 Å². The van der Waals surface area contributed by atoms with E-state index in [1.807, 2.05) is 6.07 Å². The van der Waals surface area contributed by atoms with Gasteiger partial charge in [0.2, 0.25) is 0 Å². The van der Waals surface area contributed by atoms with Crippen LogP contribution in [-0.2, 0) is 4.74 Å². The minimum atomic E-state index is -0.370. The molecule has 14 heavy (non-hydrogen) atoms. The Bertz CT molecular complexity index is 312. The second kappa shape index (κ2) is 5.78. The molecule has 4 heteroatoms. The first-order chi connectivity index (χ1) is 6.75. The smallest absolute Gasteiger partial charge is 0.339 e. The number of halogens is 1. The molecule has 0 spiro atoms. The molecule has 0 aliphatic rings. The summed E-state index contributed by atoms with van der Waals surface area (Å²) in [5, 5.41) is 8.50. The third kappa shape index (κ3) is 3.12. The molecule has 0 radical (unpaired) electrons. The maximum Gasteiger partial charge on any atom is 0.339 e. The summed E-state index contributed by atoms with van der Waals surface area (Å²) in [5.74, 6) is -0.370. The zero-order valence-electron chi connectivity index (χ0n) is 7.57. The molecule has 0 aliphatic carbocycles. The molecule has 3 nitrogen and oxygen atoms in total. The van der Waals surface area contributed by atoms with Gasteiger partial charge in [0, 0.05) is 17.5 Å². The molecule has 0 saturated carbocycles. The monoisotopic (exact) mass is 258 g/mol. The van der Waals surface area contributed by atoms with Crippen molar-refractivity contribution < 1.29 is 14.6 Å². The van der Waals surface area contributed by atoms with Crippen LogP contribution in [0.4, 0.5) is 0 Å². The highest BCUT2D eigenvalue weighted by atomic mass is 79.9. The summed E-state index contributed by atoms with van der Waals surface area (Å²) < 4.78 is 5.64. The maximum atomic E-state index is 11.4. The number of hydrogen-bond acceptors (Lipinski definition) is 3. The Balaban J connectivity index is 2.56. The number of esters is 1. The lowest BCUT2D eigenvalue weighted by Crippen LogP contribution is -2.07. The van der Waals surface area contributed by atoms with Crippen LogP contribution in [-0.4, -0.2) is 24.3 Å². The molecule has 1 rings (SSSR count). The minimum absolute atomic E-state index is 0.0310. The number of hydrogen-bond donors (Lipinski definition) is 1. The molecule has 1 aromatic rings. The largest absolute Gasteiger partial charge is 0.462 e. The average molecular weight is 259 g/mol. The fourth-order valence-corrected chi connectivity index (χ4v) is 1.38. The summed E-state index contributed by atoms with van der Waals surface area (Å²) in [6, 6.07) is 7.07. The van der Waals surface area contributed by atoms with Crippen LogP contribution in [0.1, 0.15) is 16.8 Å². The number of aliphatic hydroxyl groups is 1. The molecule has 1 aromatic carbocycles. The van der Waals surface area contributed by atoms with Crippen molar-refractivity contribution >= 4 is 21.9 Å². The fraction of sp³-hybridized carbons (Fsp3) is 0.300. The van der Waals surface area contributed by atoms with E-state index in [9.17, 15) is 4.79 Å². The van der Waals surface area contributed by atoms with E-state index >= 15 is 0 Å². The van der Waals surface area contributed by atoms with Crippen molar-refractivity contribution in [2.24, 2.45) is 0 Å². The summed E-state index contributed by atoms with van der Waals surface area (Å²) in [6.07, 6.45) is 0.468. The van der Waals surface area contributed by atoms with Gasteiger partial charge in [-0.15, -0.1) is 0 Å². The van der Waals surface area contributed by atoms with E-state index in [2.05, 4.69) is 15.9 Å². The molecule has 0 aliphatic heterocycles. The van der Waals surface area contributed by atoms with Crippen molar-refractivity contribution in [1.82, 2.24) is 0 Å². The van der Waals surface area contributed by atoms with Gasteiger partial charge in [-0.25, -0.2) is 4.79 Å². The van der Waals surface area contributed by atoms with Crippen LogP contribution >= 0.6 is 15.9 Å². The summed E-state index contributed by atoms with van der Waals surface area (Å²) in [4.78, 5) is 11.4. The summed E-state index contributed by atoms with van der Waals surface area (Å²) in [6.45, 7) is 0.278. The average Bonchev–Trinajstić information content (AvgIpc) is 2.18. The molecule has 0 aromatic heterocycles. The molecule has 0 atom stereocenters. The molecular weight excluding hydrogens is 248 g/mol. The van der Waals surface area contributed by atoms with Gasteiger partial charge in [-0.3, -0.25) is 0 Å². The predicted molar refractivity (Wildman–Crippen MR) is 56.1 cm³/mol. The Labute approximate surface area is 90.8 Å². The van der Waals surface area contributed by atoms with Crippen LogP contribution in [0.15, 0.2) is 28.7 Å². The quantitative estimate of drug-likeness (QED) is 0.664. The second-order valence-corrected chi connectivity index (χ2v) is 3.55. The molecule has 76 valence electrons. The molecule has 0 bridgehead atoms. The first-order valence-electron chi connectivity index (χ1n) is 4.28. The van der Waals surface area contributed by atoms with Gasteiger partial charge in [0.15, 0.2) is 0 Å². The van der Waals surface area contributed by atoms with Crippen molar-refractivity contribution in [3.63, 3.8) is 0 Å². The number of benzene rings is 1. The second-order valence-electron chi connectivity index (χ2n) is 2.69. The molecule has 0 unspecified atom stereocenters. The third-order valence-electron chi connectivity index (χ3n) is 1.63. The van der Waals surface area contributed by atoms with Gasteiger partial charge in [0.05, 0.1) is 12.2 Å². The van der Waals surface area contributed by atoms with Crippen LogP contribution in [0.5, 0.6) is 0 Å².